The second kappa shape index (κ2) is 8.26. The molecule has 1 aliphatic rings. The fourth-order valence-electron chi connectivity index (χ4n) is 2.78. The van der Waals surface area contributed by atoms with E-state index in [1.165, 1.54) is 58.3 Å². The first-order chi connectivity index (χ1) is 9.09. The molecule has 0 aromatic heterocycles. The van der Waals surface area contributed by atoms with Gasteiger partial charge in [-0.25, -0.2) is 0 Å². The third-order valence-corrected chi connectivity index (χ3v) is 5.12. The van der Waals surface area contributed by atoms with Gasteiger partial charge in [-0.3, -0.25) is 0 Å². The van der Waals surface area contributed by atoms with Crippen LogP contribution in [0.2, 0.25) is 0 Å². The van der Waals surface area contributed by atoms with E-state index in [2.05, 4.69) is 44.8 Å². The van der Waals surface area contributed by atoms with Crippen molar-refractivity contribution in [3.63, 3.8) is 0 Å². The van der Waals surface area contributed by atoms with Crippen molar-refractivity contribution in [1.29, 1.82) is 0 Å². The molecule has 0 heterocycles. The summed E-state index contributed by atoms with van der Waals surface area (Å²) in [6, 6.07) is 0.835. The molecule has 0 radical (unpaired) electrons. The van der Waals surface area contributed by atoms with Crippen LogP contribution < -0.4 is 5.32 Å². The van der Waals surface area contributed by atoms with Gasteiger partial charge in [-0.1, -0.05) is 41.0 Å². The molecule has 0 saturated heterocycles. The number of hydrogen-bond acceptors (Lipinski definition) is 2. The first-order valence-corrected chi connectivity index (χ1v) is 8.54. The summed E-state index contributed by atoms with van der Waals surface area (Å²) in [5, 5.41) is 3.77. The lowest BCUT2D eigenvalue weighted by Gasteiger charge is -2.38. The molecule has 0 aromatic carbocycles. The minimum absolute atomic E-state index is 0.478. The zero-order valence-corrected chi connectivity index (χ0v) is 14.0. The van der Waals surface area contributed by atoms with Crippen LogP contribution in [0.3, 0.4) is 0 Å². The van der Waals surface area contributed by atoms with Crippen LogP contribution in [0.25, 0.3) is 0 Å². The van der Waals surface area contributed by atoms with E-state index in [9.17, 15) is 0 Å². The lowest BCUT2D eigenvalue weighted by molar-refractivity contribution is 0.125. The molecule has 1 saturated carbocycles. The Kier molecular flexibility index (Phi) is 7.38. The summed E-state index contributed by atoms with van der Waals surface area (Å²) in [5.74, 6) is 0.822. The Labute approximate surface area is 121 Å². The summed E-state index contributed by atoms with van der Waals surface area (Å²) in [6.45, 7) is 16.7. The Balaban J connectivity index is 2.51. The molecule has 1 unspecified atom stereocenters. The topological polar surface area (TPSA) is 15.3 Å². The minimum Gasteiger partial charge on any atom is -0.313 e. The van der Waals surface area contributed by atoms with Gasteiger partial charge in [0.1, 0.15) is 0 Å². The lowest BCUT2D eigenvalue weighted by atomic mass is 9.81. The van der Waals surface area contributed by atoms with Crippen molar-refractivity contribution >= 4 is 0 Å². The molecule has 0 aromatic rings. The fourth-order valence-corrected chi connectivity index (χ4v) is 2.78. The first-order valence-electron chi connectivity index (χ1n) is 8.54. The van der Waals surface area contributed by atoms with E-state index in [0.29, 0.717) is 5.41 Å². The number of rotatable bonds is 11. The van der Waals surface area contributed by atoms with E-state index in [0.717, 1.165) is 12.0 Å². The zero-order chi connectivity index (χ0) is 14.3. The molecule has 0 spiro atoms. The van der Waals surface area contributed by atoms with Gasteiger partial charge in [-0.2, -0.15) is 0 Å². The normalized spacial score (nSPS) is 18.0. The SMILES string of the molecule is CCC(C)CN(CC)CC(CC)(CC)CNC1CC1. The van der Waals surface area contributed by atoms with E-state index in [-0.39, 0.29) is 0 Å². The van der Waals surface area contributed by atoms with Crippen molar-refractivity contribution in [3.8, 4) is 0 Å². The fraction of sp³-hybridized carbons (Fsp3) is 1.00. The molecule has 19 heavy (non-hydrogen) atoms. The molecule has 114 valence electrons. The molecule has 0 bridgehead atoms. The van der Waals surface area contributed by atoms with Crippen LogP contribution in [0.5, 0.6) is 0 Å². The van der Waals surface area contributed by atoms with Gasteiger partial charge in [-0.05, 0) is 43.6 Å². The van der Waals surface area contributed by atoms with Gasteiger partial charge in [0.25, 0.3) is 0 Å². The largest absolute Gasteiger partial charge is 0.313 e. The Morgan fingerprint density at radius 2 is 1.79 bits per heavy atom. The average molecular weight is 268 g/mol. The van der Waals surface area contributed by atoms with Crippen LogP contribution >= 0.6 is 0 Å². The Bertz CT molecular complexity index is 231. The minimum atomic E-state index is 0.478. The molecule has 0 amide bonds. The summed E-state index contributed by atoms with van der Waals surface area (Å²) in [6.07, 6.45) is 6.67. The van der Waals surface area contributed by atoms with Crippen molar-refractivity contribution < 1.29 is 0 Å². The van der Waals surface area contributed by atoms with E-state index in [1.807, 2.05) is 0 Å². The van der Waals surface area contributed by atoms with Gasteiger partial charge >= 0.3 is 0 Å². The highest BCUT2D eigenvalue weighted by Gasteiger charge is 2.31. The molecule has 2 nitrogen and oxygen atoms in total. The number of nitrogens with zero attached hydrogens (tertiary/aromatic N) is 1. The second-order valence-corrected chi connectivity index (χ2v) is 6.70. The highest BCUT2D eigenvalue weighted by molar-refractivity contribution is 4.88. The Morgan fingerprint density at radius 3 is 2.21 bits per heavy atom. The zero-order valence-electron chi connectivity index (χ0n) is 14.0. The van der Waals surface area contributed by atoms with Crippen molar-refractivity contribution in [3.05, 3.63) is 0 Å². The number of nitrogens with one attached hydrogen (secondary N) is 1. The summed E-state index contributed by atoms with van der Waals surface area (Å²) >= 11 is 0. The van der Waals surface area contributed by atoms with Gasteiger partial charge in [0.2, 0.25) is 0 Å². The quantitative estimate of drug-likeness (QED) is 0.611. The molecule has 1 rings (SSSR count). The molecule has 1 atom stereocenters. The van der Waals surface area contributed by atoms with E-state index in [4.69, 9.17) is 0 Å². The lowest BCUT2D eigenvalue weighted by Crippen LogP contribution is -2.45. The van der Waals surface area contributed by atoms with Gasteiger partial charge in [0.15, 0.2) is 0 Å². The van der Waals surface area contributed by atoms with Crippen LogP contribution in [0.15, 0.2) is 0 Å². The van der Waals surface area contributed by atoms with Crippen LogP contribution in [0, 0.1) is 11.3 Å². The summed E-state index contributed by atoms with van der Waals surface area (Å²) in [4.78, 5) is 2.68. The highest BCUT2D eigenvalue weighted by atomic mass is 15.1. The van der Waals surface area contributed by atoms with Crippen molar-refractivity contribution in [2.24, 2.45) is 11.3 Å². The smallest absolute Gasteiger partial charge is 0.00684 e. The van der Waals surface area contributed by atoms with Crippen LogP contribution in [-0.4, -0.2) is 37.1 Å². The predicted molar refractivity (Wildman–Crippen MR) is 85.6 cm³/mol. The molecule has 1 aliphatic carbocycles. The third-order valence-electron chi connectivity index (χ3n) is 5.12. The monoisotopic (exact) mass is 268 g/mol. The summed E-state index contributed by atoms with van der Waals surface area (Å²) in [7, 11) is 0. The Morgan fingerprint density at radius 1 is 1.16 bits per heavy atom. The molecule has 1 fully saturated rings. The molecule has 0 aliphatic heterocycles. The molecule has 1 N–H and O–H groups in total. The maximum absolute atomic E-state index is 3.77. The van der Waals surface area contributed by atoms with Gasteiger partial charge in [0.05, 0.1) is 0 Å². The average Bonchev–Trinajstić information content (AvgIpc) is 3.26. The van der Waals surface area contributed by atoms with E-state index in [1.54, 1.807) is 0 Å². The highest BCUT2D eigenvalue weighted by Crippen LogP contribution is 2.29. The maximum atomic E-state index is 3.77. The Hall–Kier alpha value is -0.0800. The van der Waals surface area contributed by atoms with Crippen molar-refractivity contribution in [2.45, 2.75) is 72.8 Å². The summed E-state index contributed by atoms with van der Waals surface area (Å²) < 4.78 is 0. The van der Waals surface area contributed by atoms with E-state index >= 15 is 0 Å². The second-order valence-electron chi connectivity index (χ2n) is 6.70. The molecule has 2 heteroatoms. The van der Waals surface area contributed by atoms with Crippen molar-refractivity contribution in [1.82, 2.24) is 10.2 Å². The van der Waals surface area contributed by atoms with Gasteiger partial charge in [-0.15, -0.1) is 0 Å². The van der Waals surface area contributed by atoms with Gasteiger partial charge in [0, 0.05) is 25.7 Å². The van der Waals surface area contributed by atoms with Crippen molar-refractivity contribution in [2.75, 3.05) is 26.2 Å². The standard InChI is InChI=1S/C17H36N2/c1-6-15(5)12-19(9-4)14-17(7-2,8-3)13-18-16-10-11-16/h15-16,18H,6-14H2,1-5H3. The number of hydrogen-bond donors (Lipinski definition) is 1. The predicted octanol–water partition coefficient (Wildman–Crippen LogP) is 3.91. The molecular formula is C17H36N2. The third kappa shape index (κ3) is 5.83. The van der Waals surface area contributed by atoms with Crippen LogP contribution in [-0.2, 0) is 0 Å². The van der Waals surface area contributed by atoms with E-state index < -0.39 is 0 Å². The van der Waals surface area contributed by atoms with Gasteiger partial charge < -0.3 is 10.2 Å². The van der Waals surface area contributed by atoms with Crippen LogP contribution in [0.4, 0.5) is 0 Å². The first kappa shape index (κ1) is 17.0. The maximum Gasteiger partial charge on any atom is 0.00684 e. The van der Waals surface area contributed by atoms with Crippen LogP contribution in [0.1, 0.15) is 66.7 Å². The summed E-state index contributed by atoms with van der Waals surface area (Å²) in [5.41, 5.74) is 0.478. The molecular weight excluding hydrogens is 232 g/mol.